The van der Waals surface area contributed by atoms with E-state index in [4.69, 9.17) is 0 Å². The number of hydrogen-bond donors (Lipinski definition) is 2. The first-order valence-corrected chi connectivity index (χ1v) is 6.18. The van der Waals surface area contributed by atoms with E-state index in [0.29, 0.717) is 12.2 Å². The number of nitrogens with one attached hydrogen (secondary N) is 2. The van der Waals surface area contributed by atoms with Crippen LogP contribution in [0.1, 0.15) is 10.5 Å². The van der Waals surface area contributed by atoms with Crippen molar-refractivity contribution in [2.75, 3.05) is 39.3 Å². The highest BCUT2D eigenvalue weighted by molar-refractivity contribution is 7.03. The first-order chi connectivity index (χ1) is 7.86. The Labute approximate surface area is 110 Å². The van der Waals surface area contributed by atoms with Crippen LogP contribution < -0.4 is 10.6 Å². The van der Waals surface area contributed by atoms with E-state index in [0.717, 1.165) is 32.7 Å². The van der Waals surface area contributed by atoms with Gasteiger partial charge in [-0.1, -0.05) is 4.49 Å². The first kappa shape index (κ1) is 14.3. The number of aromatic nitrogens is 2. The Morgan fingerprint density at radius 3 is 2.94 bits per heavy atom. The van der Waals surface area contributed by atoms with E-state index in [-0.39, 0.29) is 18.3 Å². The molecule has 1 aromatic rings. The fourth-order valence-electron chi connectivity index (χ4n) is 1.62. The minimum absolute atomic E-state index is 0. The van der Waals surface area contributed by atoms with Gasteiger partial charge in [0.15, 0.2) is 5.69 Å². The Kier molecular flexibility index (Phi) is 6.35. The number of carbonyl (C=O) groups excluding carboxylic acids is 1. The van der Waals surface area contributed by atoms with E-state index in [1.54, 1.807) is 5.38 Å². The molecule has 0 aliphatic carbocycles. The zero-order valence-electron chi connectivity index (χ0n) is 9.39. The Morgan fingerprint density at radius 2 is 2.29 bits per heavy atom. The summed E-state index contributed by atoms with van der Waals surface area (Å²) in [5.74, 6) is -0.135. The zero-order chi connectivity index (χ0) is 11.2. The largest absolute Gasteiger partial charge is 0.349 e. The van der Waals surface area contributed by atoms with Crippen molar-refractivity contribution in [3.8, 4) is 0 Å². The zero-order valence-corrected chi connectivity index (χ0v) is 11.0. The molecule has 96 valence electrons. The highest BCUT2D eigenvalue weighted by atomic mass is 35.5. The summed E-state index contributed by atoms with van der Waals surface area (Å²) in [5.41, 5.74) is 0.408. The molecule has 0 atom stereocenters. The maximum Gasteiger partial charge on any atom is 0.272 e. The van der Waals surface area contributed by atoms with Gasteiger partial charge in [-0.3, -0.25) is 9.69 Å². The molecule has 0 radical (unpaired) electrons. The molecule has 0 aromatic carbocycles. The smallest absolute Gasteiger partial charge is 0.272 e. The third-order valence-electron chi connectivity index (χ3n) is 2.52. The Morgan fingerprint density at radius 1 is 1.53 bits per heavy atom. The average molecular weight is 278 g/mol. The van der Waals surface area contributed by atoms with Crippen LogP contribution in [0.25, 0.3) is 0 Å². The van der Waals surface area contributed by atoms with Gasteiger partial charge in [-0.15, -0.1) is 17.5 Å². The number of rotatable bonds is 4. The lowest BCUT2D eigenvalue weighted by Gasteiger charge is -2.26. The molecule has 2 N–H and O–H groups in total. The van der Waals surface area contributed by atoms with Crippen LogP contribution in [-0.4, -0.2) is 59.7 Å². The SMILES string of the molecule is Cl.O=C(NCCN1CCNCC1)c1csnn1. The summed E-state index contributed by atoms with van der Waals surface area (Å²) < 4.78 is 3.65. The van der Waals surface area contributed by atoms with E-state index >= 15 is 0 Å². The van der Waals surface area contributed by atoms with Crippen LogP contribution in [0, 0.1) is 0 Å². The minimum atomic E-state index is -0.135. The van der Waals surface area contributed by atoms with E-state index in [2.05, 4.69) is 25.1 Å². The monoisotopic (exact) mass is 277 g/mol. The van der Waals surface area contributed by atoms with Crippen molar-refractivity contribution in [2.45, 2.75) is 0 Å². The van der Waals surface area contributed by atoms with Gasteiger partial charge in [0.25, 0.3) is 5.91 Å². The molecule has 6 nitrogen and oxygen atoms in total. The van der Waals surface area contributed by atoms with Crippen molar-refractivity contribution in [1.82, 2.24) is 25.1 Å². The molecule has 1 saturated heterocycles. The van der Waals surface area contributed by atoms with Crippen molar-refractivity contribution >= 4 is 29.8 Å². The Balaban J connectivity index is 0.00000144. The number of nitrogens with zero attached hydrogens (tertiary/aromatic N) is 3. The molecule has 0 saturated carbocycles. The van der Waals surface area contributed by atoms with E-state index in [1.807, 2.05) is 0 Å². The fraction of sp³-hybridized carbons (Fsp3) is 0.667. The summed E-state index contributed by atoms with van der Waals surface area (Å²) in [5, 5.41) is 11.5. The molecular formula is C9H16ClN5OS. The summed E-state index contributed by atoms with van der Waals surface area (Å²) in [4.78, 5) is 13.8. The number of piperazine rings is 1. The van der Waals surface area contributed by atoms with E-state index < -0.39 is 0 Å². The van der Waals surface area contributed by atoms with Crippen molar-refractivity contribution in [2.24, 2.45) is 0 Å². The summed E-state index contributed by atoms with van der Waals surface area (Å²) >= 11 is 1.19. The number of amides is 1. The van der Waals surface area contributed by atoms with E-state index in [9.17, 15) is 4.79 Å². The second kappa shape index (κ2) is 7.54. The molecule has 2 rings (SSSR count). The van der Waals surface area contributed by atoms with Crippen LogP contribution >= 0.6 is 23.9 Å². The lowest BCUT2D eigenvalue weighted by molar-refractivity contribution is 0.0942. The molecule has 17 heavy (non-hydrogen) atoms. The summed E-state index contributed by atoms with van der Waals surface area (Å²) in [6, 6.07) is 0. The molecule has 1 amide bonds. The fourth-order valence-corrected chi connectivity index (χ4v) is 2.05. The summed E-state index contributed by atoms with van der Waals surface area (Å²) in [6.45, 7) is 5.72. The minimum Gasteiger partial charge on any atom is -0.349 e. The van der Waals surface area contributed by atoms with Gasteiger partial charge in [0.1, 0.15) is 0 Å². The number of carbonyl (C=O) groups is 1. The molecular weight excluding hydrogens is 262 g/mol. The Bertz CT molecular complexity index is 328. The van der Waals surface area contributed by atoms with Crippen LogP contribution in [0.4, 0.5) is 0 Å². The predicted molar refractivity (Wildman–Crippen MR) is 68.8 cm³/mol. The summed E-state index contributed by atoms with van der Waals surface area (Å²) in [7, 11) is 0. The molecule has 1 aliphatic rings. The van der Waals surface area contributed by atoms with E-state index in [1.165, 1.54) is 11.5 Å². The van der Waals surface area contributed by atoms with Crippen LogP contribution in [0.15, 0.2) is 5.38 Å². The van der Waals surface area contributed by atoms with Gasteiger partial charge in [0.2, 0.25) is 0 Å². The topological polar surface area (TPSA) is 70.2 Å². The second-order valence-electron chi connectivity index (χ2n) is 3.64. The molecule has 8 heteroatoms. The van der Waals surface area contributed by atoms with Gasteiger partial charge in [-0.05, 0) is 11.5 Å². The van der Waals surface area contributed by atoms with Crippen LogP contribution in [-0.2, 0) is 0 Å². The molecule has 1 fully saturated rings. The van der Waals surface area contributed by atoms with Crippen LogP contribution in [0.2, 0.25) is 0 Å². The molecule has 0 spiro atoms. The van der Waals surface area contributed by atoms with Gasteiger partial charge in [0, 0.05) is 44.6 Å². The quantitative estimate of drug-likeness (QED) is 0.783. The molecule has 1 aliphatic heterocycles. The van der Waals surface area contributed by atoms with Gasteiger partial charge in [-0.25, -0.2) is 0 Å². The highest BCUT2D eigenvalue weighted by Gasteiger charge is 2.11. The first-order valence-electron chi connectivity index (χ1n) is 5.34. The number of hydrogen-bond acceptors (Lipinski definition) is 6. The van der Waals surface area contributed by atoms with Crippen molar-refractivity contribution in [1.29, 1.82) is 0 Å². The maximum atomic E-state index is 11.5. The molecule has 0 unspecified atom stereocenters. The van der Waals surface area contributed by atoms with Crippen LogP contribution in [0.3, 0.4) is 0 Å². The maximum absolute atomic E-state index is 11.5. The van der Waals surface area contributed by atoms with Gasteiger partial charge < -0.3 is 10.6 Å². The van der Waals surface area contributed by atoms with Gasteiger partial charge in [0.05, 0.1) is 0 Å². The number of halogens is 1. The third kappa shape index (κ3) is 4.55. The lowest BCUT2D eigenvalue weighted by Crippen LogP contribution is -2.46. The lowest BCUT2D eigenvalue weighted by atomic mass is 10.3. The van der Waals surface area contributed by atoms with Gasteiger partial charge >= 0.3 is 0 Å². The molecule has 2 heterocycles. The second-order valence-corrected chi connectivity index (χ2v) is 4.25. The van der Waals surface area contributed by atoms with Crippen molar-refractivity contribution in [3.63, 3.8) is 0 Å². The van der Waals surface area contributed by atoms with Crippen LogP contribution in [0.5, 0.6) is 0 Å². The van der Waals surface area contributed by atoms with Gasteiger partial charge in [-0.2, -0.15) is 0 Å². The predicted octanol–water partition coefficient (Wildman–Crippen LogP) is -0.405. The molecule has 1 aromatic heterocycles. The average Bonchev–Trinajstić information content (AvgIpc) is 2.84. The van der Waals surface area contributed by atoms with Crippen molar-refractivity contribution < 1.29 is 4.79 Å². The third-order valence-corrected chi connectivity index (χ3v) is 3.02. The standard InChI is InChI=1S/C9H15N5OS.ClH/c15-9(8-7-16-13-12-8)11-3-6-14-4-1-10-2-5-14;/h7,10H,1-6H2,(H,11,15);1H. The molecule has 0 bridgehead atoms. The highest BCUT2D eigenvalue weighted by Crippen LogP contribution is 1.96. The normalized spacial score (nSPS) is 16.2. The summed E-state index contributed by atoms with van der Waals surface area (Å²) in [6.07, 6.45) is 0. The van der Waals surface area contributed by atoms with Crippen molar-refractivity contribution in [3.05, 3.63) is 11.1 Å². The Hall–Kier alpha value is -0.760.